The molecule has 0 radical (unpaired) electrons. The summed E-state index contributed by atoms with van der Waals surface area (Å²) in [4.78, 5) is 31.4. The van der Waals surface area contributed by atoms with E-state index in [0.29, 0.717) is 22.5 Å². The number of carbonyl (C=O) groups excluding carboxylic acids is 1. The fourth-order valence-corrected chi connectivity index (χ4v) is 4.81. The Kier molecular flexibility index (Phi) is 5.39. The highest BCUT2D eigenvalue weighted by Crippen LogP contribution is 2.54. The highest BCUT2D eigenvalue weighted by atomic mass is 32.2. The highest BCUT2D eigenvalue weighted by molar-refractivity contribution is 7.95. The van der Waals surface area contributed by atoms with Gasteiger partial charge in [0.15, 0.2) is 0 Å². The molecule has 2 aliphatic carbocycles. The van der Waals surface area contributed by atoms with Crippen molar-refractivity contribution < 1.29 is 23.9 Å². The van der Waals surface area contributed by atoms with E-state index in [1.807, 2.05) is 6.92 Å². The molecule has 8 nitrogen and oxygen atoms in total. The van der Waals surface area contributed by atoms with E-state index in [1.54, 1.807) is 12.1 Å². The molecule has 0 atom stereocenters. The van der Waals surface area contributed by atoms with Crippen molar-refractivity contribution in [1.82, 2.24) is 0 Å². The number of carbonyl (C=O) groups is 2. The van der Waals surface area contributed by atoms with Crippen LogP contribution in [0.1, 0.15) is 62.7 Å². The summed E-state index contributed by atoms with van der Waals surface area (Å²) in [6.45, 7) is 5.03. The van der Waals surface area contributed by atoms with E-state index < -0.39 is 18.2 Å². The van der Waals surface area contributed by atoms with Crippen LogP contribution < -0.4 is 14.9 Å². The molecule has 162 valence electrons. The number of anilines is 3. The van der Waals surface area contributed by atoms with Gasteiger partial charge in [0, 0.05) is 20.0 Å². The predicted octanol–water partition coefficient (Wildman–Crippen LogP) is 3.13. The van der Waals surface area contributed by atoms with Gasteiger partial charge in [-0.15, -0.1) is 0 Å². The van der Waals surface area contributed by atoms with Crippen molar-refractivity contribution in [2.24, 2.45) is 5.41 Å². The molecule has 1 saturated heterocycles. The molecule has 1 aliphatic heterocycles. The van der Waals surface area contributed by atoms with E-state index in [0.717, 1.165) is 38.8 Å². The Morgan fingerprint density at radius 2 is 1.83 bits per heavy atom. The van der Waals surface area contributed by atoms with Crippen molar-refractivity contribution in [3.05, 3.63) is 17.7 Å². The maximum atomic E-state index is 11.9. The molecule has 0 bridgehead atoms. The average Bonchev–Trinajstić information content (AvgIpc) is 3.59. The van der Waals surface area contributed by atoms with Gasteiger partial charge in [-0.3, -0.25) is 4.79 Å². The Bertz CT molecular complexity index is 813. The molecule has 3 fully saturated rings. The summed E-state index contributed by atoms with van der Waals surface area (Å²) in [5, 5.41) is 12.6. The van der Waals surface area contributed by atoms with Gasteiger partial charge in [-0.25, -0.2) is 9.68 Å². The second kappa shape index (κ2) is 7.70. The molecule has 2 saturated carbocycles. The lowest BCUT2D eigenvalue weighted by Crippen LogP contribution is -2.36. The van der Waals surface area contributed by atoms with Crippen molar-refractivity contribution in [1.29, 1.82) is 0 Å². The minimum Gasteiger partial charge on any atom is -0.478 e. The standard InChI is InChI=1S/C20H31N3O5S/c1-13(24)21-16-15(22-29-28-27-19(2)5-6-19)4-3-14(18(25)26)17(16)23-11-9-20(7-8-20)10-12-23/h3-4,22H,5-12H2,1-2H3,29H4,(H,21,24)(H,25,26). The minimum absolute atomic E-state index is 0.167. The second-order valence-corrected chi connectivity index (χ2v) is 9.71. The van der Waals surface area contributed by atoms with Crippen molar-refractivity contribution in [3.63, 3.8) is 0 Å². The third-order valence-electron chi connectivity index (χ3n) is 6.34. The van der Waals surface area contributed by atoms with E-state index in [4.69, 9.17) is 9.22 Å². The van der Waals surface area contributed by atoms with Crippen LogP contribution in [0, 0.1) is 5.41 Å². The summed E-state index contributed by atoms with van der Waals surface area (Å²) in [5.74, 6) is -1.24. The number of hydrogen-bond acceptors (Lipinski definition) is 6. The zero-order valence-corrected chi connectivity index (χ0v) is 18.5. The second-order valence-electron chi connectivity index (χ2n) is 8.83. The number of nitrogens with zero attached hydrogens (tertiary/aromatic N) is 1. The Morgan fingerprint density at radius 3 is 2.38 bits per heavy atom. The van der Waals surface area contributed by atoms with Crippen LogP contribution in [0.4, 0.5) is 17.1 Å². The first kappa shape index (κ1) is 20.3. The van der Waals surface area contributed by atoms with Crippen molar-refractivity contribution in [2.75, 3.05) is 28.0 Å². The van der Waals surface area contributed by atoms with Gasteiger partial charge in [0.05, 0.1) is 22.6 Å². The van der Waals surface area contributed by atoms with Crippen LogP contribution in [-0.4, -0.2) is 35.7 Å². The molecular weight excluding hydrogens is 394 g/mol. The van der Waals surface area contributed by atoms with E-state index >= 15 is 0 Å². The molecule has 0 aromatic heterocycles. The molecule has 1 heterocycles. The number of amides is 1. The van der Waals surface area contributed by atoms with Gasteiger partial charge in [-0.2, -0.15) is 16.6 Å². The molecule has 9 heteroatoms. The summed E-state index contributed by atoms with van der Waals surface area (Å²) in [6, 6.07) is 3.30. The van der Waals surface area contributed by atoms with Gasteiger partial charge < -0.3 is 20.0 Å². The van der Waals surface area contributed by atoms with Crippen LogP contribution in [0.2, 0.25) is 0 Å². The predicted molar refractivity (Wildman–Crippen MR) is 117 cm³/mol. The number of nitrogens with one attached hydrogen (secondary N) is 2. The van der Waals surface area contributed by atoms with Gasteiger partial charge in [-0.1, -0.05) is 0 Å². The zero-order chi connectivity index (χ0) is 20.6. The molecule has 29 heavy (non-hydrogen) atoms. The Morgan fingerprint density at radius 1 is 1.14 bits per heavy atom. The lowest BCUT2D eigenvalue weighted by Gasteiger charge is -2.36. The van der Waals surface area contributed by atoms with Crippen molar-refractivity contribution in [3.8, 4) is 0 Å². The van der Waals surface area contributed by atoms with E-state index in [2.05, 4.69) is 14.9 Å². The number of carboxylic acid groups (broad SMARTS) is 1. The Balaban J connectivity index is 1.58. The van der Waals surface area contributed by atoms with Gasteiger partial charge in [0.1, 0.15) is 5.60 Å². The summed E-state index contributed by atoms with van der Waals surface area (Å²) < 4.78 is 8.66. The number of piperidine rings is 1. The molecule has 3 aliphatic rings. The van der Waals surface area contributed by atoms with Gasteiger partial charge in [0.25, 0.3) is 0 Å². The SMILES string of the molecule is CC(=O)Nc1c(N[SH4]OOC2(C)CC2)ccc(C(=O)O)c1N1CCC2(CC1)CC2. The summed E-state index contributed by atoms with van der Waals surface area (Å²) >= 11 is -1.26. The fraction of sp³-hybridized carbons (Fsp3) is 0.600. The molecule has 1 aromatic carbocycles. The van der Waals surface area contributed by atoms with Crippen LogP contribution in [0.25, 0.3) is 0 Å². The average molecular weight is 426 g/mol. The van der Waals surface area contributed by atoms with Crippen LogP contribution in [0.15, 0.2) is 12.1 Å². The zero-order valence-electron chi connectivity index (χ0n) is 17.0. The first-order valence-corrected chi connectivity index (χ1v) is 11.6. The van der Waals surface area contributed by atoms with Gasteiger partial charge in [0.2, 0.25) is 5.91 Å². The van der Waals surface area contributed by atoms with Gasteiger partial charge >= 0.3 is 5.97 Å². The summed E-state index contributed by atoms with van der Waals surface area (Å²) in [6.07, 6.45) is 6.66. The van der Waals surface area contributed by atoms with Crippen LogP contribution in [0.5, 0.6) is 0 Å². The maximum absolute atomic E-state index is 11.9. The quantitative estimate of drug-likeness (QED) is 0.334. The number of rotatable bonds is 8. The van der Waals surface area contributed by atoms with E-state index in [1.165, 1.54) is 19.8 Å². The summed E-state index contributed by atoms with van der Waals surface area (Å²) in [7, 11) is 0. The molecule has 4 rings (SSSR count). The largest absolute Gasteiger partial charge is 0.478 e. The van der Waals surface area contributed by atoms with Crippen molar-refractivity contribution >= 4 is 41.2 Å². The number of carboxylic acids is 1. The number of benzene rings is 1. The van der Waals surface area contributed by atoms with Crippen LogP contribution in [-0.2, 0) is 14.0 Å². The fourth-order valence-electron chi connectivity index (χ4n) is 3.96. The molecule has 3 N–H and O–H groups in total. The Labute approximate surface area is 174 Å². The number of hydrogen-bond donors (Lipinski definition) is 3. The van der Waals surface area contributed by atoms with Gasteiger partial charge in [-0.05, 0) is 63.0 Å². The first-order valence-electron chi connectivity index (χ1n) is 10.3. The molecule has 1 amide bonds. The third kappa shape index (κ3) is 4.62. The Hall–Kier alpha value is -1.97. The molecule has 0 unspecified atom stereocenters. The van der Waals surface area contributed by atoms with E-state index in [-0.39, 0.29) is 17.1 Å². The smallest absolute Gasteiger partial charge is 0.337 e. The molecule has 1 spiro atoms. The monoisotopic (exact) mass is 425 g/mol. The topological polar surface area (TPSA) is 100 Å². The lowest BCUT2D eigenvalue weighted by atomic mass is 9.92. The van der Waals surface area contributed by atoms with E-state index in [9.17, 15) is 14.7 Å². The van der Waals surface area contributed by atoms with Crippen LogP contribution >= 0.6 is 12.2 Å². The summed E-state index contributed by atoms with van der Waals surface area (Å²) in [5.41, 5.74) is 2.27. The highest BCUT2D eigenvalue weighted by Gasteiger charge is 2.45. The molecule has 1 aromatic rings. The minimum atomic E-state index is -1.26. The first-order chi connectivity index (χ1) is 13.8. The number of aromatic carboxylic acids is 1. The molecular formula is C20H31N3O5S. The normalized spacial score (nSPS) is 21.1. The maximum Gasteiger partial charge on any atom is 0.337 e. The van der Waals surface area contributed by atoms with Crippen molar-refractivity contribution in [2.45, 2.75) is 58.0 Å². The van der Waals surface area contributed by atoms with Crippen LogP contribution in [0.3, 0.4) is 0 Å². The third-order valence-corrected chi connectivity index (χ3v) is 7.10. The lowest BCUT2D eigenvalue weighted by molar-refractivity contribution is -0.238.